The van der Waals surface area contributed by atoms with E-state index in [0.717, 1.165) is 5.56 Å². The topological polar surface area (TPSA) is 83.9 Å². The quantitative estimate of drug-likeness (QED) is 0.804. The molecule has 6 heteroatoms. The molecule has 3 rings (SSSR count). The summed E-state index contributed by atoms with van der Waals surface area (Å²) in [7, 11) is 1.30. The zero-order valence-electron chi connectivity index (χ0n) is 15.9. The lowest BCUT2D eigenvalue weighted by Gasteiger charge is -2.32. The normalized spacial score (nSPS) is 17.6. The summed E-state index contributed by atoms with van der Waals surface area (Å²) in [5.74, 6) is -1.98. The molecule has 0 spiro atoms. The van der Waals surface area contributed by atoms with Crippen LogP contribution >= 0.6 is 0 Å². The molecule has 1 aliphatic heterocycles. The number of rotatable bonds is 5. The predicted molar refractivity (Wildman–Crippen MR) is 103 cm³/mol. The molecule has 2 atom stereocenters. The number of nitrogens with zero attached hydrogens (tertiary/aromatic N) is 1. The summed E-state index contributed by atoms with van der Waals surface area (Å²) in [5.41, 5.74) is 1.91. The van der Waals surface area contributed by atoms with Crippen LogP contribution in [-0.2, 0) is 14.3 Å². The summed E-state index contributed by atoms with van der Waals surface area (Å²) in [6.45, 7) is 3.17. The third-order valence-corrected chi connectivity index (χ3v) is 4.97. The van der Waals surface area contributed by atoms with E-state index in [9.17, 15) is 19.5 Å². The number of hydrogen-bond donors (Lipinski definition) is 1. The van der Waals surface area contributed by atoms with Crippen molar-refractivity contribution in [1.29, 1.82) is 0 Å². The first kappa shape index (κ1) is 19.4. The highest BCUT2D eigenvalue weighted by Gasteiger charge is 2.44. The molecule has 1 heterocycles. The van der Waals surface area contributed by atoms with Crippen LogP contribution in [0.3, 0.4) is 0 Å². The van der Waals surface area contributed by atoms with Crippen molar-refractivity contribution in [2.24, 2.45) is 0 Å². The predicted octanol–water partition coefficient (Wildman–Crippen LogP) is 3.52. The highest BCUT2D eigenvalue weighted by Crippen LogP contribution is 2.42. The van der Waals surface area contributed by atoms with E-state index in [1.165, 1.54) is 18.9 Å². The molecule has 0 saturated heterocycles. The highest BCUT2D eigenvalue weighted by atomic mass is 16.5. The zero-order valence-corrected chi connectivity index (χ0v) is 15.9. The van der Waals surface area contributed by atoms with Gasteiger partial charge in [0.15, 0.2) is 11.5 Å². The lowest BCUT2D eigenvalue weighted by Crippen LogP contribution is -2.33. The van der Waals surface area contributed by atoms with Crippen molar-refractivity contribution in [1.82, 2.24) is 4.90 Å². The van der Waals surface area contributed by atoms with Crippen molar-refractivity contribution in [3.8, 4) is 0 Å². The maximum Gasteiger partial charge on any atom is 0.337 e. The molecule has 1 aliphatic rings. The monoisotopic (exact) mass is 379 g/mol. The standard InChI is InChI=1S/C22H21NO5/c1-13(15-7-5-4-6-8-15)23-19(18(14(2)24)20(25)21(23)26)16-9-11-17(12-10-16)22(27)28-3/h4-13,19,25H,1-3H3. The summed E-state index contributed by atoms with van der Waals surface area (Å²) < 4.78 is 4.71. The molecular weight excluding hydrogens is 358 g/mol. The van der Waals surface area contributed by atoms with Crippen molar-refractivity contribution in [3.63, 3.8) is 0 Å². The first-order valence-electron chi connectivity index (χ1n) is 8.86. The lowest BCUT2D eigenvalue weighted by atomic mass is 9.94. The number of carbonyl (C=O) groups excluding carboxylic acids is 3. The average molecular weight is 379 g/mol. The maximum atomic E-state index is 12.8. The minimum Gasteiger partial charge on any atom is -0.503 e. The van der Waals surface area contributed by atoms with Gasteiger partial charge in [0.05, 0.1) is 30.3 Å². The molecule has 2 aromatic rings. The third-order valence-electron chi connectivity index (χ3n) is 4.97. The lowest BCUT2D eigenvalue weighted by molar-refractivity contribution is -0.131. The number of benzene rings is 2. The number of ketones is 1. The number of aliphatic hydroxyl groups is 1. The summed E-state index contributed by atoms with van der Waals surface area (Å²) >= 11 is 0. The zero-order chi connectivity index (χ0) is 20.4. The Labute approximate surface area is 163 Å². The number of methoxy groups -OCH3 is 1. The largest absolute Gasteiger partial charge is 0.503 e. The van der Waals surface area contributed by atoms with Gasteiger partial charge in [0.25, 0.3) is 5.91 Å². The minimum absolute atomic E-state index is 0.0543. The van der Waals surface area contributed by atoms with E-state index in [1.807, 2.05) is 37.3 Å². The first-order chi connectivity index (χ1) is 13.4. The number of amides is 1. The molecular formula is C22H21NO5. The van der Waals surface area contributed by atoms with Crippen molar-refractivity contribution in [2.45, 2.75) is 25.9 Å². The molecule has 0 bridgehead atoms. The smallest absolute Gasteiger partial charge is 0.337 e. The van der Waals surface area contributed by atoms with Gasteiger partial charge in [-0.15, -0.1) is 0 Å². The number of Topliss-reactive ketones (excluding diaryl/α,β-unsaturated/α-hetero) is 1. The Hall–Kier alpha value is -3.41. The summed E-state index contributed by atoms with van der Waals surface area (Å²) in [4.78, 5) is 38.3. The second-order valence-electron chi connectivity index (χ2n) is 6.63. The van der Waals surface area contributed by atoms with Gasteiger partial charge in [-0.2, -0.15) is 0 Å². The first-order valence-corrected chi connectivity index (χ1v) is 8.86. The number of esters is 1. The second kappa shape index (κ2) is 7.68. The van der Waals surface area contributed by atoms with Gasteiger partial charge < -0.3 is 14.7 Å². The molecule has 1 N–H and O–H groups in total. The van der Waals surface area contributed by atoms with Crippen LogP contribution < -0.4 is 0 Å². The Balaban J connectivity index is 2.08. The Morgan fingerprint density at radius 3 is 2.21 bits per heavy atom. The Kier molecular flexibility index (Phi) is 5.31. The summed E-state index contributed by atoms with van der Waals surface area (Å²) in [6, 6.07) is 14.7. The van der Waals surface area contributed by atoms with E-state index in [1.54, 1.807) is 24.3 Å². The van der Waals surface area contributed by atoms with E-state index in [-0.39, 0.29) is 17.4 Å². The van der Waals surface area contributed by atoms with Gasteiger partial charge in [0.1, 0.15) is 0 Å². The third kappa shape index (κ3) is 3.29. The van der Waals surface area contributed by atoms with Gasteiger partial charge in [0, 0.05) is 0 Å². The van der Waals surface area contributed by atoms with Crippen LogP contribution in [0.15, 0.2) is 65.9 Å². The molecule has 0 aliphatic carbocycles. The van der Waals surface area contributed by atoms with Crippen LogP contribution in [0.2, 0.25) is 0 Å². The molecule has 6 nitrogen and oxygen atoms in total. The van der Waals surface area contributed by atoms with E-state index >= 15 is 0 Å². The summed E-state index contributed by atoms with van der Waals surface area (Å²) in [6.07, 6.45) is 0. The number of hydrogen-bond acceptors (Lipinski definition) is 5. The molecule has 0 aromatic heterocycles. The van der Waals surface area contributed by atoms with E-state index in [4.69, 9.17) is 4.74 Å². The minimum atomic E-state index is -0.744. The van der Waals surface area contributed by atoms with Gasteiger partial charge in [-0.1, -0.05) is 42.5 Å². The Morgan fingerprint density at radius 2 is 1.68 bits per heavy atom. The Bertz CT molecular complexity index is 947. The van der Waals surface area contributed by atoms with Crippen LogP contribution in [0, 0.1) is 0 Å². The van der Waals surface area contributed by atoms with Gasteiger partial charge in [-0.25, -0.2) is 4.79 Å². The molecule has 0 saturated carbocycles. The molecule has 2 aromatic carbocycles. The fourth-order valence-electron chi connectivity index (χ4n) is 3.52. The molecule has 144 valence electrons. The van der Waals surface area contributed by atoms with Crippen molar-refractivity contribution < 1.29 is 24.2 Å². The Morgan fingerprint density at radius 1 is 1.07 bits per heavy atom. The SMILES string of the molecule is COC(=O)c1ccc(C2C(C(C)=O)=C(O)C(=O)N2C(C)c2ccccc2)cc1. The van der Waals surface area contributed by atoms with Crippen LogP contribution in [0.5, 0.6) is 0 Å². The van der Waals surface area contributed by atoms with E-state index in [2.05, 4.69) is 0 Å². The van der Waals surface area contributed by atoms with Crippen LogP contribution in [0.4, 0.5) is 0 Å². The van der Waals surface area contributed by atoms with E-state index < -0.39 is 23.7 Å². The molecule has 0 fully saturated rings. The fourth-order valence-corrected chi connectivity index (χ4v) is 3.52. The van der Waals surface area contributed by atoms with Gasteiger partial charge in [0.2, 0.25) is 0 Å². The maximum absolute atomic E-state index is 12.8. The van der Waals surface area contributed by atoms with Crippen LogP contribution in [0.25, 0.3) is 0 Å². The van der Waals surface area contributed by atoms with Crippen molar-refractivity contribution in [3.05, 3.63) is 82.6 Å². The average Bonchev–Trinajstić information content (AvgIpc) is 2.98. The number of aliphatic hydroxyl groups excluding tert-OH is 1. The van der Waals surface area contributed by atoms with Crippen molar-refractivity contribution >= 4 is 17.7 Å². The van der Waals surface area contributed by atoms with Crippen LogP contribution in [-0.4, -0.2) is 34.8 Å². The van der Waals surface area contributed by atoms with Gasteiger partial charge >= 0.3 is 5.97 Å². The highest BCUT2D eigenvalue weighted by molar-refractivity contribution is 6.08. The molecule has 28 heavy (non-hydrogen) atoms. The summed E-state index contributed by atoms with van der Waals surface area (Å²) in [5, 5.41) is 10.4. The van der Waals surface area contributed by atoms with E-state index in [0.29, 0.717) is 11.1 Å². The van der Waals surface area contributed by atoms with Gasteiger partial charge in [-0.3, -0.25) is 9.59 Å². The van der Waals surface area contributed by atoms with Crippen molar-refractivity contribution in [2.75, 3.05) is 7.11 Å². The number of carbonyl (C=O) groups is 3. The molecule has 1 amide bonds. The van der Waals surface area contributed by atoms with Gasteiger partial charge in [-0.05, 0) is 37.1 Å². The molecule has 2 unspecified atom stereocenters. The van der Waals surface area contributed by atoms with Crippen LogP contribution in [0.1, 0.15) is 47.4 Å². The molecule has 0 radical (unpaired) electrons. The fraction of sp³-hybridized carbons (Fsp3) is 0.227. The second-order valence-corrected chi connectivity index (χ2v) is 6.63. The number of ether oxygens (including phenoxy) is 1.